The Morgan fingerprint density at radius 3 is 1.62 bits per heavy atom. The maximum absolute atomic E-state index is 13.3. The number of phosphoric acid groups is 1. The number of amides is 1. The van der Waals surface area contributed by atoms with Crippen LogP contribution in [0.5, 0.6) is 0 Å². The molecule has 0 bridgehead atoms. The molecule has 1 aliphatic rings. The van der Waals surface area contributed by atoms with Crippen molar-refractivity contribution >= 4 is 13.7 Å². The molecule has 58 heavy (non-hydrogen) atoms. The Labute approximate surface area is 356 Å². The predicted molar refractivity (Wildman–Crippen MR) is 235 cm³/mol. The smallest absolute Gasteiger partial charge is 0.268 e. The minimum Gasteiger partial charge on any atom is -0.756 e. The van der Waals surface area contributed by atoms with Crippen molar-refractivity contribution in [3.63, 3.8) is 0 Å². The number of aliphatic hydroxyl groups excluding tert-OH is 2. The van der Waals surface area contributed by atoms with Gasteiger partial charge in [0.25, 0.3) is 7.82 Å². The van der Waals surface area contributed by atoms with Crippen molar-refractivity contribution in [2.75, 3.05) is 47.5 Å². The van der Waals surface area contributed by atoms with Gasteiger partial charge in [-0.15, -0.1) is 0 Å². The summed E-state index contributed by atoms with van der Waals surface area (Å²) in [5.41, 5.74) is 0. The number of carbonyl (C=O) groups excluding carboxylic acids is 1. The van der Waals surface area contributed by atoms with Gasteiger partial charge in [-0.1, -0.05) is 187 Å². The van der Waals surface area contributed by atoms with E-state index in [1.165, 1.54) is 135 Å². The van der Waals surface area contributed by atoms with Crippen LogP contribution in [0, 0.1) is 0 Å². The summed E-state index contributed by atoms with van der Waals surface area (Å²) in [5.74, 6) is -0.231. The van der Waals surface area contributed by atoms with Crippen molar-refractivity contribution in [2.24, 2.45) is 0 Å². The lowest BCUT2D eigenvalue weighted by Crippen LogP contribution is -2.49. The summed E-state index contributed by atoms with van der Waals surface area (Å²) in [6.45, 7) is 4.41. The van der Waals surface area contributed by atoms with Gasteiger partial charge in [-0.05, 0) is 19.3 Å². The van der Waals surface area contributed by atoms with E-state index in [-0.39, 0.29) is 19.1 Å². The van der Waals surface area contributed by atoms with E-state index in [1.807, 2.05) is 27.2 Å². The van der Waals surface area contributed by atoms with Crippen LogP contribution in [0.15, 0.2) is 12.2 Å². The normalized spacial score (nSPS) is 19.5. The first-order valence-electron chi connectivity index (χ1n) is 23.9. The van der Waals surface area contributed by atoms with Crippen LogP contribution >= 0.6 is 7.82 Å². The molecule has 11 nitrogen and oxygen atoms in total. The van der Waals surface area contributed by atoms with Crippen LogP contribution in [0.3, 0.4) is 0 Å². The summed E-state index contributed by atoms with van der Waals surface area (Å²) in [6, 6.07) is -0.917. The number of nitrogens with zero attached hydrogens (tertiary/aromatic N) is 1. The molecule has 0 aliphatic carbocycles. The molecule has 1 rings (SSSR count). The number of ether oxygens (including phenoxy) is 2. The summed E-state index contributed by atoms with van der Waals surface area (Å²) in [6.07, 6.45) is 34.1. The SMILES string of the molecule is CCCCCCCCCCCCC/C=C/C(O[C@H]1OC[C@@H](O)[C@H]1O)C(COP(=O)([O-])OCC[N+](C)(C)C)NC(=O)CCCCCCCCCCCCCCCCCC. The summed E-state index contributed by atoms with van der Waals surface area (Å²) in [4.78, 5) is 26.1. The fourth-order valence-corrected chi connectivity index (χ4v) is 7.97. The van der Waals surface area contributed by atoms with Crippen LogP contribution in [0.4, 0.5) is 0 Å². The van der Waals surface area contributed by atoms with Crippen molar-refractivity contribution in [1.82, 2.24) is 5.32 Å². The number of nitrogens with one attached hydrogen (secondary N) is 1. The summed E-state index contributed by atoms with van der Waals surface area (Å²) >= 11 is 0. The highest BCUT2D eigenvalue weighted by Crippen LogP contribution is 2.38. The van der Waals surface area contributed by atoms with E-state index in [4.69, 9.17) is 18.5 Å². The molecule has 3 N–H and O–H groups in total. The fraction of sp³-hybridized carbons (Fsp3) is 0.935. The Morgan fingerprint density at radius 2 is 1.19 bits per heavy atom. The second kappa shape index (κ2) is 35.7. The van der Waals surface area contributed by atoms with E-state index < -0.39 is 45.1 Å². The monoisotopic (exact) mass is 847 g/mol. The van der Waals surface area contributed by atoms with Crippen LogP contribution in [0.2, 0.25) is 0 Å². The highest BCUT2D eigenvalue weighted by molar-refractivity contribution is 7.45. The zero-order valence-electron chi connectivity index (χ0n) is 38.0. The minimum absolute atomic E-state index is 0.0423. The number of phosphoric ester groups is 1. The predicted octanol–water partition coefficient (Wildman–Crippen LogP) is 10.1. The molecule has 1 amide bonds. The van der Waals surface area contributed by atoms with Crippen LogP contribution < -0.4 is 10.2 Å². The van der Waals surface area contributed by atoms with Gasteiger partial charge in [0.05, 0.1) is 40.4 Å². The summed E-state index contributed by atoms with van der Waals surface area (Å²) in [5, 5.41) is 23.6. The molecule has 0 aromatic heterocycles. The van der Waals surface area contributed by atoms with Crippen molar-refractivity contribution in [2.45, 2.75) is 231 Å². The number of rotatable bonds is 41. The van der Waals surface area contributed by atoms with E-state index in [1.54, 1.807) is 6.08 Å². The third-order valence-corrected chi connectivity index (χ3v) is 12.1. The van der Waals surface area contributed by atoms with E-state index in [0.717, 1.165) is 44.9 Å². The van der Waals surface area contributed by atoms with Gasteiger partial charge < -0.3 is 43.4 Å². The second-order valence-electron chi connectivity index (χ2n) is 17.9. The van der Waals surface area contributed by atoms with Gasteiger partial charge in [0.1, 0.15) is 31.5 Å². The van der Waals surface area contributed by atoms with Gasteiger partial charge in [0.15, 0.2) is 6.29 Å². The van der Waals surface area contributed by atoms with Gasteiger partial charge in [-0.2, -0.15) is 0 Å². The summed E-state index contributed by atoms with van der Waals surface area (Å²) < 4.78 is 35.5. The average molecular weight is 847 g/mol. The van der Waals surface area contributed by atoms with Crippen LogP contribution in [-0.2, 0) is 27.9 Å². The first-order valence-corrected chi connectivity index (χ1v) is 25.3. The minimum atomic E-state index is -4.70. The third-order valence-electron chi connectivity index (χ3n) is 11.1. The van der Waals surface area contributed by atoms with E-state index in [0.29, 0.717) is 17.4 Å². The van der Waals surface area contributed by atoms with E-state index in [9.17, 15) is 24.5 Å². The van der Waals surface area contributed by atoms with Gasteiger partial charge in [-0.3, -0.25) is 9.36 Å². The van der Waals surface area contributed by atoms with Gasteiger partial charge in [-0.25, -0.2) is 0 Å². The molecule has 0 aromatic rings. The van der Waals surface area contributed by atoms with Crippen molar-refractivity contribution in [3.05, 3.63) is 12.2 Å². The molecule has 6 atom stereocenters. The Morgan fingerprint density at radius 1 is 0.741 bits per heavy atom. The number of likely N-dealkylation sites (N-methyl/N-ethyl adjacent to an activating group) is 1. The van der Waals surface area contributed by atoms with Crippen molar-refractivity contribution in [3.8, 4) is 0 Å². The molecule has 0 spiro atoms. The number of hydrogen-bond acceptors (Lipinski definition) is 9. The first kappa shape index (κ1) is 55.1. The Hall–Kier alpha value is -0.880. The number of aliphatic hydroxyl groups is 2. The lowest BCUT2D eigenvalue weighted by molar-refractivity contribution is -0.870. The first-order chi connectivity index (χ1) is 27.9. The topological polar surface area (TPSA) is 147 Å². The molecule has 1 aliphatic heterocycles. The molecule has 1 fully saturated rings. The number of unbranched alkanes of at least 4 members (excludes halogenated alkanes) is 26. The molecule has 0 aromatic carbocycles. The number of hydrogen-bond donors (Lipinski definition) is 3. The maximum Gasteiger partial charge on any atom is 0.268 e. The van der Waals surface area contributed by atoms with Crippen LogP contribution in [0.25, 0.3) is 0 Å². The molecule has 0 radical (unpaired) electrons. The van der Waals surface area contributed by atoms with Crippen LogP contribution in [-0.4, -0.2) is 98.8 Å². The number of carbonyl (C=O) groups is 1. The molecule has 3 unspecified atom stereocenters. The standard InChI is InChI=1S/C46H91N2O9P/c1-6-8-10-12-14-16-18-20-21-22-24-26-28-30-32-34-36-44(50)47-41(39-56-58(52,53)55-38-37-48(3,4)5)43(57-46-45(51)42(49)40-54-46)35-33-31-29-27-25-23-19-17-15-13-11-9-7-2/h33,35,41-43,45-46,49,51H,6-32,34,36-40H2,1-5H3,(H-,47,50,52,53)/b35-33+/t41?,42-,43?,45-,46-/m1/s1. The van der Waals surface area contributed by atoms with Gasteiger partial charge in [0.2, 0.25) is 5.91 Å². The molecule has 344 valence electrons. The van der Waals surface area contributed by atoms with E-state index >= 15 is 0 Å². The molecule has 1 heterocycles. The summed E-state index contributed by atoms with van der Waals surface area (Å²) in [7, 11) is 1.11. The van der Waals surface area contributed by atoms with Crippen molar-refractivity contribution in [1.29, 1.82) is 0 Å². The quantitative estimate of drug-likeness (QED) is 0.0237. The van der Waals surface area contributed by atoms with Gasteiger partial charge in [0, 0.05) is 6.42 Å². The molecular weight excluding hydrogens is 755 g/mol. The highest BCUT2D eigenvalue weighted by Gasteiger charge is 2.38. The Kier molecular flexibility index (Phi) is 33.9. The third kappa shape index (κ3) is 31.9. The largest absolute Gasteiger partial charge is 0.756 e. The zero-order valence-corrected chi connectivity index (χ0v) is 38.9. The second-order valence-corrected chi connectivity index (χ2v) is 19.3. The molecule has 0 saturated carbocycles. The van der Waals surface area contributed by atoms with Crippen molar-refractivity contribution < 1.29 is 47.5 Å². The Balaban J connectivity index is 2.68. The van der Waals surface area contributed by atoms with Gasteiger partial charge >= 0.3 is 0 Å². The molecule has 12 heteroatoms. The number of quaternary nitrogens is 1. The zero-order chi connectivity index (χ0) is 42.7. The molecule has 1 saturated heterocycles. The van der Waals surface area contributed by atoms with E-state index in [2.05, 4.69) is 19.2 Å². The lowest BCUT2D eigenvalue weighted by Gasteiger charge is -2.32. The highest BCUT2D eigenvalue weighted by atomic mass is 31.2. The lowest BCUT2D eigenvalue weighted by atomic mass is 10.0. The maximum atomic E-state index is 13.3. The Bertz CT molecular complexity index is 1040. The van der Waals surface area contributed by atoms with Crippen LogP contribution in [0.1, 0.15) is 200 Å². The fourth-order valence-electron chi connectivity index (χ4n) is 7.24. The molecular formula is C46H91N2O9P. The average Bonchev–Trinajstić information content (AvgIpc) is 3.49. The number of allylic oxidation sites excluding steroid dienone is 1.